The molecule has 1 saturated heterocycles. The Balaban J connectivity index is 1.62. The van der Waals surface area contributed by atoms with E-state index in [1.54, 1.807) is 4.52 Å². The number of hydrogen-bond acceptors (Lipinski definition) is 6. The van der Waals surface area contributed by atoms with Gasteiger partial charge in [-0.05, 0) is 52.0 Å². The summed E-state index contributed by atoms with van der Waals surface area (Å²) < 4.78 is 32.0. The third-order valence-corrected chi connectivity index (χ3v) is 7.58. The third-order valence-electron chi connectivity index (χ3n) is 6.43. The van der Waals surface area contributed by atoms with Crippen molar-refractivity contribution in [3.63, 3.8) is 0 Å². The molecule has 4 heterocycles. The molecule has 176 valence electrons. The van der Waals surface area contributed by atoms with E-state index >= 15 is 0 Å². The lowest BCUT2D eigenvalue weighted by atomic mass is 10.0. The second-order valence-corrected chi connectivity index (χ2v) is 9.71. The van der Waals surface area contributed by atoms with Gasteiger partial charge in [0.05, 0.1) is 40.0 Å². The van der Waals surface area contributed by atoms with E-state index in [-0.39, 0.29) is 10.5 Å². The second-order valence-electron chi connectivity index (χ2n) is 8.66. The first kappa shape index (κ1) is 23.0. The monoisotopic (exact) mass is 489 g/mol. The maximum absolute atomic E-state index is 14.7. The molecule has 3 aromatic heterocycles. The minimum atomic E-state index is -0.834. The highest BCUT2D eigenvalue weighted by Gasteiger charge is 2.23. The number of aromatic nitrogens is 4. The van der Waals surface area contributed by atoms with Crippen molar-refractivity contribution < 1.29 is 8.78 Å². The van der Waals surface area contributed by atoms with E-state index in [9.17, 15) is 19.3 Å². The Morgan fingerprint density at radius 3 is 2.49 bits per heavy atom. The number of nitrogens with zero attached hydrogens (tertiary/aromatic N) is 7. The number of rotatable bonds is 4. The van der Waals surface area contributed by atoms with E-state index in [0.29, 0.717) is 22.0 Å². The molecular formula is C25H21F2N7S. The van der Waals surface area contributed by atoms with Crippen LogP contribution in [0.2, 0.25) is 0 Å². The molecule has 0 amide bonds. The number of pyridine rings is 1. The molecular weight excluding hydrogens is 468 g/mol. The third kappa shape index (κ3) is 4.16. The first-order valence-electron chi connectivity index (χ1n) is 11.1. The summed E-state index contributed by atoms with van der Waals surface area (Å²) in [5.41, 5.74) is 3.41. The molecule has 1 fully saturated rings. The lowest BCUT2D eigenvalue weighted by Crippen LogP contribution is -2.32. The van der Waals surface area contributed by atoms with Crippen molar-refractivity contribution in [2.24, 2.45) is 0 Å². The number of likely N-dealkylation sites (tertiary alicyclic amines) is 1. The fourth-order valence-electron chi connectivity index (χ4n) is 4.56. The van der Waals surface area contributed by atoms with Crippen LogP contribution in [0.4, 0.5) is 8.78 Å². The maximum Gasteiger partial charge on any atom is 0.141 e. The number of hydrogen-bond donors (Lipinski definition) is 0. The van der Waals surface area contributed by atoms with Crippen molar-refractivity contribution >= 4 is 17.3 Å². The van der Waals surface area contributed by atoms with Crippen molar-refractivity contribution in [2.45, 2.75) is 35.6 Å². The van der Waals surface area contributed by atoms with Gasteiger partial charge in [-0.3, -0.25) is 4.68 Å². The Bertz CT molecular complexity index is 1520. The van der Waals surface area contributed by atoms with E-state index < -0.39 is 11.6 Å². The highest BCUT2D eigenvalue weighted by atomic mass is 32.2. The Morgan fingerprint density at radius 2 is 1.77 bits per heavy atom. The van der Waals surface area contributed by atoms with Gasteiger partial charge in [0.2, 0.25) is 0 Å². The lowest BCUT2D eigenvalue weighted by molar-refractivity contribution is 0.210. The zero-order valence-corrected chi connectivity index (χ0v) is 20.0. The van der Waals surface area contributed by atoms with Crippen molar-refractivity contribution in [2.75, 3.05) is 20.1 Å². The van der Waals surface area contributed by atoms with Crippen LogP contribution < -0.4 is 0 Å². The standard InChI is InChI=1S/C25H21F2N7S/c1-15-21(13-31-34(15)20-3-5-32(2)6-4-20)17-8-23(24-18(11-29)12-30-33(24)14-17)35-25-16(10-28)7-19(26)9-22(25)27/h7-9,12-14,20H,3-6H2,1-2H3. The van der Waals surface area contributed by atoms with Crippen LogP contribution >= 0.6 is 11.8 Å². The molecule has 35 heavy (non-hydrogen) atoms. The molecule has 0 unspecified atom stereocenters. The predicted molar refractivity (Wildman–Crippen MR) is 127 cm³/mol. The van der Waals surface area contributed by atoms with Gasteiger partial charge in [0.1, 0.15) is 23.8 Å². The fourth-order valence-corrected chi connectivity index (χ4v) is 5.64. The molecule has 0 aliphatic carbocycles. The first-order chi connectivity index (χ1) is 16.9. The van der Waals surface area contributed by atoms with Gasteiger partial charge >= 0.3 is 0 Å². The summed E-state index contributed by atoms with van der Waals surface area (Å²) in [5.74, 6) is -1.65. The van der Waals surface area contributed by atoms with Crippen molar-refractivity contribution in [1.29, 1.82) is 10.5 Å². The molecule has 0 radical (unpaired) electrons. The summed E-state index contributed by atoms with van der Waals surface area (Å²) >= 11 is 0.979. The largest absolute Gasteiger partial charge is 0.306 e. The number of halogens is 2. The van der Waals surface area contributed by atoms with Crippen LogP contribution in [0.1, 0.15) is 35.7 Å². The highest BCUT2D eigenvalue weighted by Crippen LogP contribution is 2.39. The molecule has 0 spiro atoms. The molecule has 7 nitrogen and oxygen atoms in total. The molecule has 10 heteroatoms. The molecule has 4 aromatic rings. The van der Waals surface area contributed by atoms with Crippen LogP contribution in [-0.2, 0) is 0 Å². The minimum absolute atomic E-state index is 0.00298. The lowest BCUT2D eigenvalue weighted by Gasteiger charge is -2.29. The van der Waals surface area contributed by atoms with Gasteiger partial charge in [0.25, 0.3) is 0 Å². The number of piperidine rings is 1. The summed E-state index contributed by atoms with van der Waals surface area (Å²) in [7, 11) is 2.12. The van der Waals surface area contributed by atoms with E-state index in [4.69, 9.17) is 0 Å². The quantitative estimate of drug-likeness (QED) is 0.403. The maximum atomic E-state index is 14.7. The topological polar surface area (TPSA) is 85.9 Å². The Kier molecular flexibility index (Phi) is 6.01. The van der Waals surface area contributed by atoms with Crippen LogP contribution in [0, 0.1) is 41.2 Å². The highest BCUT2D eigenvalue weighted by molar-refractivity contribution is 7.99. The fraction of sp³-hybridized carbons (Fsp3) is 0.280. The molecule has 5 rings (SSSR count). The molecule has 1 aliphatic heterocycles. The Labute approximate surface area is 205 Å². The van der Waals surface area contributed by atoms with Gasteiger partial charge in [-0.2, -0.15) is 20.7 Å². The van der Waals surface area contributed by atoms with Crippen LogP contribution in [0.15, 0.2) is 46.6 Å². The normalized spacial score (nSPS) is 14.8. The molecule has 0 N–H and O–H groups in total. The van der Waals surface area contributed by atoms with Crippen molar-refractivity contribution in [1.82, 2.24) is 24.3 Å². The van der Waals surface area contributed by atoms with Gasteiger partial charge in [-0.25, -0.2) is 13.3 Å². The number of nitriles is 2. The molecule has 1 aromatic carbocycles. The second kappa shape index (κ2) is 9.14. The van der Waals surface area contributed by atoms with Gasteiger partial charge < -0.3 is 4.90 Å². The zero-order chi connectivity index (χ0) is 24.7. The average molecular weight is 490 g/mol. The summed E-state index contributed by atoms with van der Waals surface area (Å²) in [4.78, 5) is 2.84. The summed E-state index contributed by atoms with van der Waals surface area (Å²) in [6.07, 6.45) is 7.12. The van der Waals surface area contributed by atoms with Gasteiger partial charge in [-0.15, -0.1) is 0 Å². The van der Waals surface area contributed by atoms with Crippen molar-refractivity contribution in [3.05, 3.63) is 65.2 Å². The molecule has 1 aliphatic rings. The van der Waals surface area contributed by atoms with Crippen LogP contribution in [0.3, 0.4) is 0 Å². The summed E-state index contributed by atoms with van der Waals surface area (Å²) in [5, 5.41) is 28.0. The smallest absolute Gasteiger partial charge is 0.141 e. The van der Waals surface area contributed by atoms with Crippen LogP contribution in [0.25, 0.3) is 16.6 Å². The van der Waals surface area contributed by atoms with E-state index in [1.807, 2.05) is 31.5 Å². The first-order valence-corrected chi connectivity index (χ1v) is 11.9. The molecule has 0 atom stereocenters. The van der Waals surface area contributed by atoms with Gasteiger partial charge in [-0.1, -0.05) is 11.8 Å². The van der Waals surface area contributed by atoms with E-state index in [1.165, 1.54) is 6.20 Å². The van der Waals surface area contributed by atoms with E-state index in [0.717, 1.165) is 66.6 Å². The summed E-state index contributed by atoms with van der Waals surface area (Å²) in [6.45, 7) is 4.05. The SMILES string of the molecule is Cc1c(-c2cc(Sc3c(F)cc(F)cc3C#N)c3c(C#N)cnn3c2)cnn1C1CCN(C)CC1. The zero-order valence-electron chi connectivity index (χ0n) is 19.2. The summed E-state index contributed by atoms with van der Waals surface area (Å²) in [6, 6.07) is 7.89. The number of fused-ring (bicyclic) bond motifs is 1. The number of benzene rings is 1. The van der Waals surface area contributed by atoms with Crippen LogP contribution in [0.5, 0.6) is 0 Å². The predicted octanol–water partition coefficient (Wildman–Crippen LogP) is 4.95. The van der Waals surface area contributed by atoms with Gasteiger partial charge in [0, 0.05) is 34.0 Å². The average Bonchev–Trinajstić information content (AvgIpc) is 3.44. The van der Waals surface area contributed by atoms with Gasteiger partial charge in [0.15, 0.2) is 0 Å². The van der Waals surface area contributed by atoms with Crippen LogP contribution in [-0.4, -0.2) is 44.4 Å². The Hall–Kier alpha value is -3.73. The van der Waals surface area contributed by atoms with E-state index in [2.05, 4.69) is 32.9 Å². The molecule has 0 bridgehead atoms. The Morgan fingerprint density at radius 1 is 1.03 bits per heavy atom. The minimum Gasteiger partial charge on any atom is -0.306 e. The van der Waals surface area contributed by atoms with Crippen molar-refractivity contribution in [3.8, 4) is 23.3 Å². The molecule has 0 saturated carbocycles.